The maximum Gasteiger partial charge on any atom is 0.261 e. The monoisotopic (exact) mass is 320 g/mol. The number of fused-ring (bicyclic) bond motifs is 1. The van der Waals surface area contributed by atoms with Crippen molar-refractivity contribution in [1.29, 1.82) is 5.26 Å². The Kier molecular flexibility index (Phi) is 4.41. The maximum atomic E-state index is 12.7. The van der Waals surface area contributed by atoms with Crippen LogP contribution < -0.4 is 0 Å². The molecule has 5 heteroatoms. The molecule has 1 aliphatic heterocycles. The highest BCUT2D eigenvalue weighted by Crippen LogP contribution is 2.27. The summed E-state index contributed by atoms with van der Waals surface area (Å²) in [5.74, 6) is -0.845. The predicted molar refractivity (Wildman–Crippen MR) is 87.1 cm³/mol. The van der Waals surface area contributed by atoms with Crippen LogP contribution in [0.5, 0.6) is 0 Å². The Morgan fingerprint density at radius 1 is 0.958 bits per heavy atom. The lowest BCUT2D eigenvalue weighted by atomic mass is 9.98. The second-order valence-electron chi connectivity index (χ2n) is 5.71. The lowest BCUT2D eigenvalue weighted by Crippen LogP contribution is -2.48. The SMILES string of the molecule is N#CC[C@@H](O)[C@H](Cc1ccccc1)N1C(=O)c2ccccc2C1=O. The van der Waals surface area contributed by atoms with Crippen molar-refractivity contribution >= 4 is 11.8 Å². The van der Waals surface area contributed by atoms with Gasteiger partial charge in [-0.05, 0) is 24.1 Å². The molecule has 0 saturated carbocycles. The van der Waals surface area contributed by atoms with Gasteiger partial charge in [0.1, 0.15) is 0 Å². The number of hydrogen-bond donors (Lipinski definition) is 1. The van der Waals surface area contributed by atoms with Crippen molar-refractivity contribution in [2.24, 2.45) is 0 Å². The Morgan fingerprint density at radius 2 is 1.50 bits per heavy atom. The molecule has 0 saturated heterocycles. The fraction of sp³-hybridized carbons (Fsp3) is 0.211. The molecule has 0 bridgehead atoms. The Balaban J connectivity index is 1.96. The first kappa shape index (κ1) is 15.9. The number of carbonyl (C=O) groups excluding carboxylic acids is 2. The van der Waals surface area contributed by atoms with Crippen LogP contribution in [0.3, 0.4) is 0 Å². The van der Waals surface area contributed by atoms with Gasteiger partial charge in [0.25, 0.3) is 11.8 Å². The largest absolute Gasteiger partial charge is 0.390 e. The average Bonchev–Trinajstić information content (AvgIpc) is 2.86. The van der Waals surface area contributed by atoms with Gasteiger partial charge in [-0.15, -0.1) is 0 Å². The minimum absolute atomic E-state index is 0.148. The van der Waals surface area contributed by atoms with Crippen LogP contribution in [0.25, 0.3) is 0 Å². The first-order valence-electron chi connectivity index (χ1n) is 7.69. The Bertz CT molecular complexity index is 776. The number of carbonyl (C=O) groups is 2. The molecule has 2 atom stereocenters. The fourth-order valence-electron chi connectivity index (χ4n) is 2.99. The number of aliphatic hydroxyl groups is 1. The number of nitriles is 1. The van der Waals surface area contributed by atoms with Crippen LogP contribution in [0.15, 0.2) is 54.6 Å². The van der Waals surface area contributed by atoms with Crippen molar-refractivity contribution < 1.29 is 14.7 Å². The molecule has 24 heavy (non-hydrogen) atoms. The van der Waals surface area contributed by atoms with Gasteiger partial charge in [-0.25, -0.2) is 0 Å². The summed E-state index contributed by atoms with van der Waals surface area (Å²) in [7, 11) is 0. The van der Waals surface area contributed by atoms with Gasteiger partial charge in [0.05, 0.1) is 35.8 Å². The Morgan fingerprint density at radius 3 is 2.04 bits per heavy atom. The smallest absolute Gasteiger partial charge is 0.261 e. The molecule has 0 unspecified atom stereocenters. The molecular formula is C19H16N2O3. The van der Waals surface area contributed by atoms with Crippen LogP contribution in [-0.2, 0) is 6.42 Å². The summed E-state index contributed by atoms with van der Waals surface area (Å²) < 4.78 is 0. The third kappa shape index (κ3) is 2.80. The topological polar surface area (TPSA) is 81.4 Å². The molecule has 2 aromatic carbocycles. The molecule has 2 aromatic rings. The Labute approximate surface area is 139 Å². The minimum Gasteiger partial charge on any atom is -0.390 e. The highest BCUT2D eigenvalue weighted by Gasteiger charge is 2.42. The van der Waals surface area contributed by atoms with Crippen molar-refractivity contribution in [3.05, 3.63) is 71.3 Å². The number of benzene rings is 2. The Hall–Kier alpha value is -2.97. The molecule has 1 heterocycles. The van der Waals surface area contributed by atoms with E-state index in [1.54, 1.807) is 24.3 Å². The summed E-state index contributed by atoms with van der Waals surface area (Å²) in [6.45, 7) is 0. The third-order valence-electron chi connectivity index (χ3n) is 4.19. The van der Waals surface area contributed by atoms with Crippen LogP contribution in [0.1, 0.15) is 32.7 Å². The first-order chi connectivity index (χ1) is 11.6. The zero-order chi connectivity index (χ0) is 17.1. The van der Waals surface area contributed by atoms with Crippen molar-refractivity contribution in [2.45, 2.75) is 25.0 Å². The summed E-state index contributed by atoms with van der Waals surface area (Å²) in [5, 5.41) is 19.3. The predicted octanol–water partition coefficient (Wildman–Crippen LogP) is 2.17. The van der Waals surface area contributed by atoms with Crippen LogP contribution in [0.2, 0.25) is 0 Å². The second kappa shape index (κ2) is 6.65. The zero-order valence-electron chi connectivity index (χ0n) is 12.9. The van der Waals surface area contributed by atoms with Crippen molar-refractivity contribution in [3.63, 3.8) is 0 Å². The van der Waals surface area contributed by atoms with E-state index < -0.39 is 24.0 Å². The first-order valence-corrected chi connectivity index (χ1v) is 7.69. The molecule has 3 rings (SSSR count). The summed E-state index contributed by atoms with van der Waals surface area (Å²) in [6, 6.07) is 17.0. The second-order valence-corrected chi connectivity index (χ2v) is 5.71. The zero-order valence-corrected chi connectivity index (χ0v) is 12.9. The van der Waals surface area contributed by atoms with Gasteiger partial charge in [0.15, 0.2) is 0 Å². The standard InChI is InChI=1S/C19H16N2O3/c20-11-10-17(22)16(12-13-6-2-1-3-7-13)21-18(23)14-8-4-5-9-15(14)19(21)24/h1-9,16-17,22H,10,12H2/t16-,17+/m0/s1. The molecule has 1 aliphatic rings. The minimum atomic E-state index is -1.10. The molecule has 0 aromatic heterocycles. The number of amides is 2. The van der Waals surface area contributed by atoms with E-state index in [0.717, 1.165) is 10.5 Å². The molecule has 0 fully saturated rings. The molecule has 5 nitrogen and oxygen atoms in total. The van der Waals surface area contributed by atoms with Crippen LogP contribution in [-0.4, -0.2) is 34.0 Å². The van der Waals surface area contributed by atoms with E-state index in [0.29, 0.717) is 17.5 Å². The number of nitrogens with zero attached hydrogens (tertiary/aromatic N) is 2. The van der Waals surface area contributed by atoms with E-state index in [-0.39, 0.29) is 6.42 Å². The molecule has 2 amide bonds. The lowest BCUT2D eigenvalue weighted by molar-refractivity contribution is 0.0350. The van der Waals surface area contributed by atoms with Gasteiger partial charge in [0.2, 0.25) is 0 Å². The summed E-state index contributed by atoms with van der Waals surface area (Å²) in [4.78, 5) is 26.4. The van der Waals surface area contributed by atoms with E-state index in [9.17, 15) is 14.7 Å². The molecule has 0 spiro atoms. The third-order valence-corrected chi connectivity index (χ3v) is 4.19. The molecular weight excluding hydrogens is 304 g/mol. The van der Waals surface area contributed by atoms with E-state index in [2.05, 4.69) is 0 Å². The van der Waals surface area contributed by atoms with E-state index >= 15 is 0 Å². The number of rotatable bonds is 5. The number of hydrogen-bond acceptors (Lipinski definition) is 4. The van der Waals surface area contributed by atoms with Gasteiger partial charge in [-0.1, -0.05) is 42.5 Å². The van der Waals surface area contributed by atoms with Crippen molar-refractivity contribution in [2.75, 3.05) is 0 Å². The fourth-order valence-corrected chi connectivity index (χ4v) is 2.99. The molecule has 120 valence electrons. The van der Waals surface area contributed by atoms with Crippen LogP contribution in [0, 0.1) is 11.3 Å². The summed E-state index contributed by atoms with van der Waals surface area (Å²) >= 11 is 0. The van der Waals surface area contributed by atoms with Gasteiger partial charge < -0.3 is 5.11 Å². The molecule has 0 radical (unpaired) electrons. The highest BCUT2D eigenvalue weighted by molar-refractivity contribution is 6.21. The van der Waals surface area contributed by atoms with E-state index in [4.69, 9.17) is 5.26 Å². The van der Waals surface area contributed by atoms with Gasteiger partial charge in [-0.3, -0.25) is 14.5 Å². The van der Waals surface area contributed by atoms with Crippen LogP contribution >= 0.6 is 0 Å². The summed E-state index contributed by atoms with van der Waals surface area (Å²) in [6.07, 6.45) is -0.947. The maximum absolute atomic E-state index is 12.7. The quantitative estimate of drug-likeness (QED) is 0.856. The van der Waals surface area contributed by atoms with E-state index in [1.807, 2.05) is 36.4 Å². The average molecular weight is 320 g/mol. The van der Waals surface area contributed by atoms with E-state index in [1.165, 1.54) is 0 Å². The molecule has 1 N–H and O–H groups in total. The number of aliphatic hydroxyl groups excluding tert-OH is 1. The van der Waals surface area contributed by atoms with Gasteiger partial charge in [-0.2, -0.15) is 5.26 Å². The highest BCUT2D eigenvalue weighted by atomic mass is 16.3. The van der Waals surface area contributed by atoms with Crippen molar-refractivity contribution in [3.8, 4) is 6.07 Å². The summed E-state index contributed by atoms with van der Waals surface area (Å²) in [5.41, 5.74) is 1.56. The number of imide groups is 1. The lowest BCUT2D eigenvalue weighted by Gasteiger charge is -2.29. The van der Waals surface area contributed by atoms with Crippen LogP contribution in [0.4, 0.5) is 0 Å². The van der Waals surface area contributed by atoms with Gasteiger partial charge in [0, 0.05) is 0 Å². The normalized spacial score (nSPS) is 15.8. The van der Waals surface area contributed by atoms with Gasteiger partial charge >= 0.3 is 0 Å². The van der Waals surface area contributed by atoms with Crippen molar-refractivity contribution in [1.82, 2.24) is 4.90 Å². The molecule has 0 aliphatic carbocycles.